The number of ether oxygens (including phenoxy) is 2. The topological polar surface area (TPSA) is 38.8 Å². The van der Waals surface area contributed by atoms with Gasteiger partial charge in [0.1, 0.15) is 17.7 Å². The van der Waals surface area contributed by atoms with Gasteiger partial charge in [0.05, 0.1) is 12.2 Å². The summed E-state index contributed by atoms with van der Waals surface area (Å²) in [4.78, 5) is 12.3. The van der Waals surface area contributed by atoms with Crippen LogP contribution >= 0.6 is 23.2 Å². The molecule has 0 aliphatic carbocycles. The van der Waals surface area contributed by atoms with Crippen molar-refractivity contribution < 1.29 is 23.0 Å². The zero-order valence-corrected chi connectivity index (χ0v) is 14.0. The maximum absolute atomic E-state index is 14.0. The predicted octanol–water partition coefficient (Wildman–Crippen LogP) is 4.74. The van der Waals surface area contributed by atoms with E-state index in [4.69, 9.17) is 32.7 Å². The Bertz CT molecular complexity index is 786. The number of hydrogen-bond donors (Lipinski definition) is 0. The molecule has 2 aromatic carbocycles. The monoisotopic (exact) mass is 372 g/mol. The zero-order chi connectivity index (χ0) is 17.5. The van der Waals surface area contributed by atoms with E-state index in [-0.39, 0.29) is 17.7 Å². The number of esters is 1. The predicted molar refractivity (Wildman–Crippen MR) is 85.3 cm³/mol. The fraction of sp³-hybridized carbons (Fsp3) is 0.235. The second-order valence-electron chi connectivity index (χ2n) is 5.51. The third-order valence-electron chi connectivity index (χ3n) is 3.88. The van der Waals surface area contributed by atoms with Gasteiger partial charge in [0, 0.05) is 21.7 Å². The van der Waals surface area contributed by atoms with E-state index in [1.807, 2.05) is 0 Å². The Labute approximate surface area is 147 Å². The van der Waals surface area contributed by atoms with E-state index in [2.05, 4.69) is 0 Å². The molecule has 2 atom stereocenters. The van der Waals surface area contributed by atoms with Crippen LogP contribution in [0.5, 0.6) is 0 Å². The minimum absolute atomic E-state index is 0.147. The lowest BCUT2D eigenvalue weighted by Gasteiger charge is -2.21. The smallest absolute Gasteiger partial charge is 0.338 e. The minimum Gasteiger partial charge on any atom is -0.456 e. The number of rotatable bonds is 4. The van der Waals surface area contributed by atoms with Crippen molar-refractivity contribution >= 4 is 29.2 Å². The summed E-state index contributed by atoms with van der Waals surface area (Å²) < 4.78 is 37.8. The first kappa shape index (κ1) is 17.1. The Morgan fingerprint density at radius 1 is 1.21 bits per heavy atom. The van der Waals surface area contributed by atoms with Crippen LogP contribution in [0.4, 0.5) is 8.78 Å². The first-order valence-corrected chi connectivity index (χ1v) is 7.84. The lowest BCUT2D eigenvalue weighted by Crippen LogP contribution is -2.31. The van der Waals surface area contributed by atoms with E-state index < -0.39 is 29.3 Å². The number of halogens is 4. The molecule has 1 fully saturated rings. The molecular formula is C17H12Cl2F2O3. The van der Waals surface area contributed by atoms with Gasteiger partial charge in [0.15, 0.2) is 5.60 Å². The summed E-state index contributed by atoms with van der Waals surface area (Å²) in [5, 5.41) is 0.591. The van der Waals surface area contributed by atoms with Crippen molar-refractivity contribution in [2.24, 2.45) is 0 Å². The van der Waals surface area contributed by atoms with E-state index in [0.29, 0.717) is 10.0 Å². The van der Waals surface area contributed by atoms with Crippen LogP contribution in [-0.4, -0.2) is 18.7 Å². The molecule has 0 saturated carbocycles. The van der Waals surface area contributed by atoms with Crippen LogP contribution in [-0.2, 0) is 15.1 Å². The molecule has 0 radical (unpaired) electrons. The fourth-order valence-corrected chi connectivity index (χ4v) is 3.04. The van der Waals surface area contributed by atoms with Gasteiger partial charge < -0.3 is 9.47 Å². The number of hydrogen-bond acceptors (Lipinski definition) is 3. The Hall–Kier alpha value is -1.69. The largest absolute Gasteiger partial charge is 0.456 e. The average molecular weight is 373 g/mol. The molecule has 2 aromatic rings. The van der Waals surface area contributed by atoms with E-state index in [9.17, 15) is 13.6 Å². The average Bonchev–Trinajstić information content (AvgIpc) is 3.27. The van der Waals surface area contributed by atoms with E-state index >= 15 is 0 Å². The summed E-state index contributed by atoms with van der Waals surface area (Å²) >= 11 is 11.7. The van der Waals surface area contributed by atoms with Gasteiger partial charge in [0.2, 0.25) is 0 Å². The number of benzene rings is 2. The summed E-state index contributed by atoms with van der Waals surface area (Å²) in [7, 11) is 0. The van der Waals surface area contributed by atoms with Gasteiger partial charge >= 0.3 is 5.97 Å². The van der Waals surface area contributed by atoms with Crippen LogP contribution in [0.15, 0.2) is 36.4 Å². The molecule has 24 heavy (non-hydrogen) atoms. The molecule has 1 aliphatic rings. The Morgan fingerprint density at radius 3 is 2.38 bits per heavy atom. The Kier molecular flexibility index (Phi) is 4.51. The van der Waals surface area contributed by atoms with Crippen molar-refractivity contribution in [3.63, 3.8) is 0 Å². The molecule has 7 heteroatoms. The normalized spacial score (nSPS) is 20.5. The molecule has 126 valence electrons. The van der Waals surface area contributed by atoms with Crippen molar-refractivity contribution in [3.8, 4) is 0 Å². The molecule has 3 nitrogen and oxygen atoms in total. The van der Waals surface area contributed by atoms with Gasteiger partial charge in [-0.3, -0.25) is 0 Å². The molecule has 0 N–H and O–H groups in total. The Morgan fingerprint density at radius 2 is 1.83 bits per heavy atom. The van der Waals surface area contributed by atoms with Gasteiger partial charge in [-0.15, -0.1) is 0 Å². The third kappa shape index (κ3) is 3.24. The summed E-state index contributed by atoms with van der Waals surface area (Å²) in [6.07, 6.45) is -0.789. The highest BCUT2D eigenvalue weighted by atomic mass is 35.5. The van der Waals surface area contributed by atoms with Crippen LogP contribution in [0, 0.1) is 11.6 Å². The second kappa shape index (κ2) is 6.31. The molecule has 0 unspecified atom stereocenters. The summed E-state index contributed by atoms with van der Waals surface area (Å²) in [5.41, 5.74) is -0.793. The van der Waals surface area contributed by atoms with Crippen molar-refractivity contribution in [3.05, 3.63) is 69.2 Å². The van der Waals surface area contributed by atoms with Gasteiger partial charge in [0.25, 0.3) is 0 Å². The van der Waals surface area contributed by atoms with Gasteiger partial charge in [-0.05, 0) is 31.2 Å². The molecule has 1 heterocycles. The molecule has 3 rings (SSSR count). The quantitative estimate of drug-likeness (QED) is 0.574. The molecule has 0 amide bonds. The SMILES string of the molecule is C[C@@H](OC(=O)c1cc(Cl)cc(Cl)c1)[C@@]1(c2ccc(F)cc2F)CO1. The highest BCUT2D eigenvalue weighted by molar-refractivity contribution is 6.35. The van der Waals surface area contributed by atoms with Gasteiger partial charge in [-0.25, -0.2) is 13.6 Å². The number of carbonyl (C=O) groups excluding carboxylic acids is 1. The summed E-state index contributed by atoms with van der Waals surface area (Å²) in [6, 6.07) is 7.51. The molecule has 0 aromatic heterocycles. The Balaban J connectivity index is 1.81. The highest BCUT2D eigenvalue weighted by Crippen LogP contribution is 2.44. The molecule has 0 spiro atoms. The molecule has 1 saturated heterocycles. The van der Waals surface area contributed by atoms with E-state index in [1.54, 1.807) is 6.92 Å². The summed E-state index contributed by atoms with van der Waals surface area (Å²) in [6.45, 7) is 1.75. The maximum Gasteiger partial charge on any atom is 0.338 e. The van der Waals surface area contributed by atoms with Crippen molar-refractivity contribution in [1.82, 2.24) is 0 Å². The lowest BCUT2D eigenvalue weighted by atomic mass is 9.94. The van der Waals surface area contributed by atoms with Gasteiger partial charge in [-0.2, -0.15) is 0 Å². The molecular weight excluding hydrogens is 361 g/mol. The first-order valence-electron chi connectivity index (χ1n) is 7.08. The highest BCUT2D eigenvalue weighted by Gasteiger charge is 2.55. The minimum atomic E-state index is -1.12. The number of epoxide rings is 1. The lowest BCUT2D eigenvalue weighted by molar-refractivity contribution is 0.00980. The van der Waals surface area contributed by atoms with Crippen LogP contribution in [0.1, 0.15) is 22.8 Å². The fourth-order valence-electron chi connectivity index (χ4n) is 2.52. The van der Waals surface area contributed by atoms with Crippen LogP contribution in [0.3, 0.4) is 0 Å². The second-order valence-corrected chi connectivity index (χ2v) is 6.38. The van der Waals surface area contributed by atoms with Crippen molar-refractivity contribution in [2.45, 2.75) is 18.6 Å². The standard InChI is InChI=1S/C17H12Cl2F2O3/c1-9(24-16(22)10-4-11(18)6-12(19)5-10)17(8-23-17)14-3-2-13(20)7-15(14)21/h2-7,9H,8H2,1H3/t9-,17-/m1/s1. The molecule has 0 bridgehead atoms. The van der Waals surface area contributed by atoms with Gasteiger partial charge in [-0.1, -0.05) is 29.3 Å². The van der Waals surface area contributed by atoms with Crippen LogP contribution in [0.25, 0.3) is 0 Å². The van der Waals surface area contributed by atoms with Crippen LogP contribution < -0.4 is 0 Å². The molecule has 1 aliphatic heterocycles. The third-order valence-corrected chi connectivity index (χ3v) is 4.32. The zero-order valence-electron chi connectivity index (χ0n) is 12.5. The first-order chi connectivity index (χ1) is 11.3. The van der Waals surface area contributed by atoms with Crippen LogP contribution in [0.2, 0.25) is 10.0 Å². The number of carbonyl (C=O) groups is 1. The van der Waals surface area contributed by atoms with E-state index in [1.165, 1.54) is 24.3 Å². The van der Waals surface area contributed by atoms with Crippen molar-refractivity contribution in [1.29, 1.82) is 0 Å². The van der Waals surface area contributed by atoms with Crippen molar-refractivity contribution in [2.75, 3.05) is 6.61 Å². The maximum atomic E-state index is 14.0. The van der Waals surface area contributed by atoms with E-state index in [0.717, 1.165) is 12.1 Å². The summed E-state index contributed by atoms with van der Waals surface area (Å²) in [5.74, 6) is -2.10.